The van der Waals surface area contributed by atoms with E-state index in [4.69, 9.17) is 5.73 Å². The lowest BCUT2D eigenvalue weighted by molar-refractivity contribution is -0.385. The molecule has 5 heteroatoms. The van der Waals surface area contributed by atoms with Crippen molar-refractivity contribution in [3.8, 4) is 0 Å². The van der Waals surface area contributed by atoms with Crippen LogP contribution >= 0.6 is 0 Å². The summed E-state index contributed by atoms with van der Waals surface area (Å²) in [5.41, 5.74) is 6.14. The average Bonchev–Trinajstić information content (AvgIpc) is 2.15. The van der Waals surface area contributed by atoms with Gasteiger partial charge in [0, 0.05) is 12.1 Å². The van der Waals surface area contributed by atoms with Gasteiger partial charge in [-0.2, -0.15) is 0 Å². The van der Waals surface area contributed by atoms with Gasteiger partial charge in [-0.1, -0.05) is 6.08 Å². The van der Waals surface area contributed by atoms with Gasteiger partial charge in [0.25, 0.3) is 5.69 Å². The van der Waals surface area contributed by atoms with E-state index in [1.165, 1.54) is 12.3 Å². The molecule has 1 rings (SSSR count). The molecule has 0 spiro atoms. The summed E-state index contributed by atoms with van der Waals surface area (Å²) in [6, 6.07) is 2.94. The molecule has 0 fully saturated rings. The van der Waals surface area contributed by atoms with Crippen molar-refractivity contribution in [1.29, 1.82) is 0 Å². The third kappa shape index (κ3) is 2.95. The number of nitrogens with zero attached hydrogens (tertiary/aromatic N) is 2. The molecule has 1 unspecified atom stereocenters. The molecular weight excluding hydrogens is 182 g/mol. The van der Waals surface area contributed by atoms with Crippen LogP contribution in [0.3, 0.4) is 0 Å². The van der Waals surface area contributed by atoms with Gasteiger partial charge in [0.15, 0.2) is 0 Å². The number of rotatable bonds is 3. The highest BCUT2D eigenvalue weighted by Crippen LogP contribution is 2.09. The van der Waals surface area contributed by atoms with Gasteiger partial charge in [-0.15, -0.1) is 0 Å². The molecule has 74 valence electrons. The summed E-state index contributed by atoms with van der Waals surface area (Å²) in [7, 11) is 0. The lowest BCUT2D eigenvalue weighted by Gasteiger charge is -1.95. The van der Waals surface area contributed by atoms with Crippen molar-refractivity contribution < 1.29 is 4.92 Å². The fraction of sp³-hybridized carbons (Fsp3) is 0.222. The van der Waals surface area contributed by atoms with Crippen molar-refractivity contribution in [2.75, 3.05) is 0 Å². The van der Waals surface area contributed by atoms with Gasteiger partial charge in [-0.3, -0.25) is 10.1 Å². The molecule has 0 aromatic carbocycles. The molecule has 1 aromatic rings. The first-order chi connectivity index (χ1) is 6.59. The van der Waals surface area contributed by atoms with Gasteiger partial charge in [-0.25, -0.2) is 4.98 Å². The molecule has 1 heterocycles. The lowest BCUT2D eigenvalue weighted by atomic mass is 10.2. The Morgan fingerprint density at radius 2 is 2.36 bits per heavy atom. The maximum atomic E-state index is 10.3. The zero-order chi connectivity index (χ0) is 10.6. The van der Waals surface area contributed by atoms with Gasteiger partial charge in [-0.05, 0) is 19.1 Å². The first-order valence-electron chi connectivity index (χ1n) is 4.14. The minimum Gasteiger partial charge on any atom is -0.325 e. The minimum atomic E-state index is -0.480. The van der Waals surface area contributed by atoms with Crippen LogP contribution in [0.25, 0.3) is 6.08 Å². The van der Waals surface area contributed by atoms with Crippen LogP contribution in [-0.4, -0.2) is 15.9 Å². The van der Waals surface area contributed by atoms with E-state index in [1.54, 1.807) is 18.2 Å². The zero-order valence-corrected chi connectivity index (χ0v) is 7.75. The van der Waals surface area contributed by atoms with E-state index < -0.39 is 4.92 Å². The fourth-order valence-electron chi connectivity index (χ4n) is 0.854. The highest BCUT2D eigenvalue weighted by atomic mass is 16.6. The van der Waals surface area contributed by atoms with E-state index in [-0.39, 0.29) is 11.7 Å². The highest BCUT2D eigenvalue weighted by Gasteiger charge is 2.03. The molecule has 0 radical (unpaired) electrons. The molecule has 0 aliphatic rings. The number of pyridine rings is 1. The SMILES string of the molecule is CC(N)/C=C/c1ccc([N+](=O)[O-])cn1. The Hall–Kier alpha value is -1.75. The molecule has 14 heavy (non-hydrogen) atoms. The van der Waals surface area contributed by atoms with Crippen LogP contribution in [0.2, 0.25) is 0 Å². The summed E-state index contributed by atoms with van der Waals surface area (Å²) in [5.74, 6) is 0. The minimum absolute atomic E-state index is 0.0112. The van der Waals surface area contributed by atoms with Gasteiger partial charge < -0.3 is 5.73 Å². The molecular formula is C9H11N3O2. The van der Waals surface area contributed by atoms with Crippen LogP contribution in [0.15, 0.2) is 24.4 Å². The quantitative estimate of drug-likeness (QED) is 0.580. The topological polar surface area (TPSA) is 82.0 Å². The molecule has 0 aliphatic carbocycles. The van der Waals surface area contributed by atoms with E-state index in [9.17, 15) is 10.1 Å². The average molecular weight is 193 g/mol. The van der Waals surface area contributed by atoms with Crippen molar-refractivity contribution in [1.82, 2.24) is 4.98 Å². The number of hydrogen-bond acceptors (Lipinski definition) is 4. The smallest absolute Gasteiger partial charge is 0.287 e. The Morgan fingerprint density at radius 1 is 1.64 bits per heavy atom. The predicted molar refractivity (Wildman–Crippen MR) is 53.6 cm³/mol. The monoisotopic (exact) mass is 193 g/mol. The van der Waals surface area contributed by atoms with Crippen LogP contribution in [-0.2, 0) is 0 Å². The summed E-state index contributed by atoms with van der Waals surface area (Å²) < 4.78 is 0. The molecule has 0 aliphatic heterocycles. The Kier molecular flexibility index (Phi) is 3.30. The molecule has 0 saturated heterocycles. The Balaban J connectivity index is 2.78. The molecule has 2 N–H and O–H groups in total. The van der Waals surface area contributed by atoms with Crippen molar-refractivity contribution in [3.63, 3.8) is 0 Å². The third-order valence-corrected chi connectivity index (χ3v) is 1.55. The van der Waals surface area contributed by atoms with Gasteiger partial charge in [0.2, 0.25) is 0 Å². The number of hydrogen-bond donors (Lipinski definition) is 1. The lowest BCUT2D eigenvalue weighted by Crippen LogP contribution is -2.09. The van der Waals surface area contributed by atoms with Crippen molar-refractivity contribution >= 4 is 11.8 Å². The number of nitrogens with two attached hydrogens (primary N) is 1. The molecule has 0 saturated carbocycles. The van der Waals surface area contributed by atoms with E-state index in [0.29, 0.717) is 5.69 Å². The zero-order valence-electron chi connectivity index (χ0n) is 7.75. The summed E-state index contributed by atoms with van der Waals surface area (Å²) in [5, 5.41) is 10.3. The molecule has 0 amide bonds. The molecule has 5 nitrogen and oxygen atoms in total. The van der Waals surface area contributed by atoms with E-state index in [2.05, 4.69) is 4.98 Å². The number of aromatic nitrogens is 1. The first kappa shape index (κ1) is 10.3. The van der Waals surface area contributed by atoms with Gasteiger partial charge in [0.1, 0.15) is 6.20 Å². The van der Waals surface area contributed by atoms with E-state index >= 15 is 0 Å². The second kappa shape index (κ2) is 4.48. The van der Waals surface area contributed by atoms with E-state index in [1.807, 2.05) is 6.92 Å². The van der Waals surface area contributed by atoms with Crippen molar-refractivity contribution in [2.24, 2.45) is 5.73 Å². The second-order valence-corrected chi connectivity index (χ2v) is 2.92. The highest BCUT2D eigenvalue weighted by molar-refractivity contribution is 5.46. The number of nitro groups is 1. The second-order valence-electron chi connectivity index (χ2n) is 2.92. The maximum absolute atomic E-state index is 10.3. The summed E-state index contributed by atoms with van der Waals surface area (Å²) >= 11 is 0. The third-order valence-electron chi connectivity index (χ3n) is 1.55. The van der Waals surface area contributed by atoms with E-state index in [0.717, 1.165) is 0 Å². The Bertz CT molecular complexity index is 344. The van der Waals surface area contributed by atoms with Crippen molar-refractivity contribution in [2.45, 2.75) is 13.0 Å². The van der Waals surface area contributed by atoms with Gasteiger partial charge in [0.05, 0.1) is 10.6 Å². The summed E-state index contributed by atoms with van der Waals surface area (Å²) in [4.78, 5) is 13.7. The largest absolute Gasteiger partial charge is 0.325 e. The van der Waals surface area contributed by atoms with Crippen LogP contribution in [0.4, 0.5) is 5.69 Å². The first-order valence-corrected chi connectivity index (χ1v) is 4.14. The molecule has 1 aromatic heterocycles. The Morgan fingerprint density at radius 3 is 2.79 bits per heavy atom. The maximum Gasteiger partial charge on any atom is 0.287 e. The Labute approximate surface area is 81.4 Å². The van der Waals surface area contributed by atoms with Crippen LogP contribution in [0.1, 0.15) is 12.6 Å². The normalized spacial score (nSPS) is 13.0. The molecule has 0 bridgehead atoms. The fourth-order valence-corrected chi connectivity index (χ4v) is 0.854. The van der Waals surface area contributed by atoms with Crippen molar-refractivity contribution in [3.05, 3.63) is 40.2 Å². The van der Waals surface area contributed by atoms with Crippen LogP contribution < -0.4 is 5.73 Å². The van der Waals surface area contributed by atoms with Crippen LogP contribution in [0.5, 0.6) is 0 Å². The summed E-state index contributed by atoms with van der Waals surface area (Å²) in [6.07, 6.45) is 4.73. The van der Waals surface area contributed by atoms with Gasteiger partial charge >= 0.3 is 0 Å². The summed E-state index contributed by atoms with van der Waals surface area (Å²) in [6.45, 7) is 1.84. The standard InChI is InChI=1S/C9H11N3O2/c1-7(10)2-3-8-4-5-9(6-11-8)12(13)14/h2-7H,10H2,1H3/b3-2+. The predicted octanol–water partition coefficient (Wildman–Crippen LogP) is 1.35. The molecule has 1 atom stereocenters. The van der Waals surface area contributed by atoms with Crippen LogP contribution in [0, 0.1) is 10.1 Å².